The maximum atomic E-state index is 10.2. The molecule has 0 aromatic heterocycles. The summed E-state index contributed by atoms with van der Waals surface area (Å²) in [7, 11) is 0. The van der Waals surface area contributed by atoms with Gasteiger partial charge >= 0.3 is 5.97 Å². The largest absolute Gasteiger partial charge is 0.481 e. The molecule has 1 aliphatic rings. The molecule has 0 radical (unpaired) electrons. The Labute approximate surface area is 60.2 Å². The molecule has 1 atom stereocenters. The van der Waals surface area contributed by atoms with Crippen LogP contribution in [0.25, 0.3) is 0 Å². The summed E-state index contributed by atoms with van der Waals surface area (Å²) < 4.78 is 0. The van der Waals surface area contributed by atoms with Gasteiger partial charge in [-0.25, -0.2) is 0 Å². The Kier molecular flexibility index (Phi) is 2.27. The third kappa shape index (κ3) is 1.70. The number of carbonyl (C=O) groups is 1. The molecule has 0 aromatic rings. The van der Waals surface area contributed by atoms with E-state index in [4.69, 9.17) is 10.8 Å². The van der Waals surface area contributed by atoms with Crippen molar-refractivity contribution in [1.82, 2.24) is 0 Å². The van der Waals surface area contributed by atoms with E-state index < -0.39 is 5.97 Å². The van der Waals surface area contributed by atoms with E-state index >= 15 is 0 Å². The standard InChI is InChI=1S/C7H13NO2/c8-6(4-7(9)10)5-2-1-3-5/h5-6H,1-4,8H2,(H,9,10)/t6-/m0/s1. The molecule has 1 aliphatic carbocycles. The van der Waals surface area contributed by atoms with Crippen LogP contribution in [0.4, 0.5) is 0 Å². The predicted octanol–water partition coefficient (Wildman–Crippen LogP) is 0.588. The Morgan fingerprint density at radius 1 is 1.70 bits per heavy atom. The average molecular weight is 143 g/mol. The van der Waals surface area contributed by atoms with E-state index in [1.54, 1.807) is 0 Å². The normalized spacial score (nSPS) is 21.7. The highest BCUT2D eigenvalue weighted by Crippen LogP contribution is 2.29. The summed E-state index contributed by atoms with van der Waals surface area (Å²) in [5, 5.41) is 8.37. The lowest BCUT2D eigenvalue weighted by Crippen LogP contribution is -2.36. The topological polar surface area (TPSA) is 63.3 Å². The van der Waals surface area contributed by atoms with E-state index in [1.165, 1.54) is 6.42 Å². The molecule has 0 bridgehead atoms. The summed E-state index contributed by atoms with van der Waals surface area (Å²) in [5.41, 5.74) is 5.60. The Morgan fingerprint density at radius 3 is 2.60 bits per heavy atom. The van der Waals surface area contributed by atoms with Gasteiger partial charge in [-0.3, -0.25) is 4.79 Å². The monoisotopic (exact) mass is 143 g/mol. The summed E-state index contributed by atoms with van der Waals surface area (Å²) in [6.07, 6.45) is 3.59. The first-order chi connectivity index (χ1) is 4.70. The lowest BCUT2D eigenvalue weighted by Gasteiger charge is -2.30. The van der Waals surface area contributed by atoms with Gasteiger partial charge in [-0.1, -0.05) is 6.42 Å². The van der Waals surface area contributed by atoms with Crippen molar-refractivity contribution in [2.24, 2.45) is 11.7 Å². The smallest absolute Gasteiger partial charge is 0.304 e. The predicted molar refractivity (Wildman–Crippen MR) is 37.6 cm³/mol. The van der Waals surface area contributed by atoms with Gasteiger partial charge in [0.1, 0.15) is 0 Å². The molecule has 3 nitrogen and oxygen atoms in total. The number of rotatable bonds is 3. The van der Waals surface area contributed by atoms with Gasteiger partial charge in [0.05, 0.1) is 6.42 Å². The molecule has 0 saturated heterocycles. The van der Waals surface area contributed by atoms with Crippen LogP contribution in [0.2, 0.25) is 0 Å². The fraction of sp³-hybridized carbons (Fsp3) is 0.857. The van der Waals surface area contributed by atoms with E-state index in [0.717, 1.165) is 12.8 Å². The minimum absolute atomic E-state index is 0.105. The van der Waals surface area contributed by atoms with Gasteiger partial charge in [0.2, 0.25) is 0 Å². The van der Waals surface area contributed by atoms with Crippen LogP contribution >= 0.6 is 0 Å². The summed E-state index contributed by atoms with van der Waals surface area (Å²) in [4.78, 5) is 10.2. The molecule has 0 amide bonds. The van der Waals surface area contributed by atoms with Gasteiger partial charge in [0, 0.05) is 6.04 Å². The first kappa shape index (κ1) is 7.54. The van der Waals surface area contributed by atoms with Gasteiger partial charge < -0.3 is 10.8 Å². The molecular weight excluding hydrogens is 130 g/mol. The van der Waals surface area contributed by atoms with Crippen LogP contribution < -0.4 is 5.73 Å². The van der Waals surface area contributed by atoms with Crippen LogP contribution in [0.15, 0.2) is 0 Å². The molecular formula is C7H13NO2. The van der Waals surface area contributed by atoms with Gasteiger partial charge in [0.25, 0.3) is 0 Å². The summed E-state index contributed by atoms with van der Waals surface area (Å²) in [6.45, 7) is 0. The summed E-state index contributed by atoms with van der Waals surface area (Å²) >= 11 is 0. The van der Waals surface area contributed by atoms with Gasteiger partial charge in [-0.2, -0.15) is 0 Å². The Bertz CT molecular complexity index is 132. The van der Waals surface area contributed by atoms with E-state index in [1.807, 2.05) is 0 Å². The highest BCUT2D eigenvalue weighted by atomic mass is 16.4. The number of hydrogen-bond donors (Lipinski definition) is 2. The zero-order valence-electron chi connectivity index (χ0n) is 5.92. The molecule has 3 N–H and O–H groups in total. The first-order valence-corrected chi connectivity index (χ1v) is 3.67. The summed E-state index contributed by atoms with van der Waals surface area (Å²) in [5.74, 6) is -0.296. The van der Waals surface area contributed by atoms with Crippen molar-refractivity contribution in [2.75, 3.05) is 0 Å². The van der Waals surface area contributed by atoms with Gasteiger partial charge in [-0.15, -0.1) is 0 Å². The quantitative estimate of drug-likeness (QED) is 0.607. The first-order valence-electron chi connectivity index (χ1n) is 3.67. The molecule has 1 saturated carbocycles. The van der Waals surface area contributed by atoms with Crippen molar-refractivity contribution >= 4 is 5.97 Å². The van der Waals surface area contributed by atoms with Crippen molar-refractivity contribution in [1.29, 1.82) is 0 Å². The molecule has 3 heteroatoms. The number of hydrogen-bond acceptors (Lipinski definition) is 2. The van der Waals surface area contributed by atoms with E-state index in [-0.39, 0.29) is 12.5 Å². The SMILES string of the molecule is N[C@@H](CC(=O)O)C1CCC1. The van der Waals surface area contributed by atoms with Crippen LogP contribution in [0.1, 0.15) is 25.7 Å². The van der Waals surface area contributed by atoms with E-state index in [0.29, 0.717) is 5.92 Å². The van der Waals surface area contributed by atoms with Gasteiger partial charge in [-0.05, 0) is 18.8 Å². The number of carboxylic acids is 1. The van der Waals surface area contributed by atoms with Crippen molar-refractivity contribution < 1.29 is 9.90 Å². The Balaban J connectivity index is 2.19. The van der Waals surface area contributed by atoms with E-state index in [2.05, 4.69) is 0 Å². The molecule has 0 aromatic carbocycles. The fourth-order valence-electron chi connectivity index (χ4n) is 1.24. The second-order valence-corrected chi connectivity index (χ2v) is 2.95. The van der Waals surface area contributed by atoms with Crippen LogP contribution in [0.3, 0.4) is 0 Å². The fourth-order valence-corrected chi connectivity index (χ4v) is 1.24. The molecule has 0 unspecified atom stereocenters. The lowest BCUT2D eigenvalue weighted by atomic mass is 9.79. The minimum atomic E-state index is -0.778. The molecule has 1 rings (SSSR count). The summed E-state index contributed by atoms with van der Waals surface area (Å²) in [6, 6.07) is -0.105. The highest BCUT2D eigenvalue weighted by Gasteiger charge is 2.25. The zero-order valence-corrected chi connectivity index (χ0v) is 5.92. The molecule has 0 aliphatic heterocycles. The highest BCUT2D eigenvalue weighted by molar-refractivity contribution is 5.67. The average Bonchev–Trinajstić information content (AvgIpc) is 1.55. The van der Waals surface area contributed by atoms with Crippen LogP contribution in [-0.4, -0.2) is 17.1 Å². The van der Waals surface area contributed by atoms with Crippen molar-refractivity contribution in [3.8, 4) is 0 Å². The van der Waals surface area contributed by atoms with Crippen molar-refractivity contribution in [3.05, 3.63) is 0 Å². The second-order valence-electron chi connectivity index (χ2n) is 2.95. The number of carboxylic acid groups (broad SMARTS) is 1. The molecule has 0 spiro atoms. The Hall–Kier alpha value is -0.570. The van der Waals surface area contributed by atoms with Gasteiger partial charge in [0.15, 0.2) is 0 Å². The van der Waals surface area contributed by atoms with E-state index in [9.17, 15) is 4.79 Å². The van der Waals surface area contributed by atoms with Crippen LogP contribution in [-0.2, 0) is 4.79 Å². The minimum Gasteiger partial charge on any atom is -0.481 e. The molecule has 0 heterocycles. The third-order valence-corrected chi connectivity index (χ3v) is 2.17. The van der Waals surface area contributed by atoms with Crippen molar-refractivity contribution in [3.63, 3.8) is 0 Å². The van der Waals surface area contributed by atoms with Crippen LogP contribution in [0.5, 0.6) is 0 Å². The molecule has 10 heavy (non-hydrogen) atoms. The second kappa shape index (κ2) is 3.01. The lowest BCUT2D eigenvalue weighted by molar-refractivity contribution is -0.137. The number of aliphatic carboxylic acids is 1. The zero-order chi connectivity index (χ0) is 7.56. The maximum Gasteiger partial charge on any atom is 0.304 e. The van der Waals surface area contributed by atoms with Crippen LogP contribution in [0, 0.1) is 5.92 Å². The number of nitrogens with two attached hydrogens (primary N) is 1. The molecule has 1 fully saturated rings. The maximum absolute atomic E-state index is 10.2. The Morgan fingerprint density at radius 2 is 2.30 bits per heavy atom. The third-order valence-electron chi connectivity index (χ3n) is 2.17. The van der Waals surface area contributed by atoms with Crippen molar-refractivity contribution in [2.45, 2.75) is 31.7 Å². The molecule has 58 valence electrons.